The molecule has 0 aliphatic heterocycles. The molecule has 2 amide bonds. The summed E-state index contributed by atoms with van der Waals surface area (Å²) < 4.78 is 0. The van der Waals surface area contributed by atoms with Gasteiger partial charge in [-0.25, -0.2) is 5.43 Å². The SMILES string of the molecule is C/C(=N/NC(=O)CSc1ccc(C)cc1)c1cccc(NC(=O)c2cccc(Cl)c2)c1. The van der Waals surface area contributed by atoms with Gasteiger partial charge in [-0.3, -0.25) is 9.59 Å². The van der Waals surface area contributed by atoms with Crippen molar-refractivity contribution in [3.8, 4) is 0 Å². The Balaban J connectivity index is 1.57. The number of hydrazone groups is 1. The van der Waals surface area contributed by atoms with Gasteiger partial charge in [-0.05, 0) is 61.9 Å². The fourth-order valence-electron chi connectivity index (χ4n) is 2.68. The molecule has 0 fully saturated rings. The number of thioether (sulfide) groups is 1. The van der Waals surface area contributed by atoms with Crippen LogP contribution in [0.25, 0.3) is 0 Å². The molecule has 0 bridgehead atoms. The molecule has 5 nitrogen and oxygen atoms in total. The fraction of sp³-hybridized carbons (Fsp3) is 0.125. The molecule has 31 heavy (non-hydrogen) atoms. The lowest BCUT2D eigenvalue weighted by molar-refractivity contribution is -0.118. The molecule has 3 aromatic rings. The third-order valence-corrected chi connectivity index (χ3v) is 5.61. The van der Waals surface area contributed by atoms with Crippen molar-refractivity contribution in [2.75, 3.05) is 11.1 Å². The Morgan fingerprint density at radius 1 is 0.968 bits per heavy atom. The van der Waals surface area contributed by atoms with Gasteiger partial charge in [-0.1, -0.05) is 47.5 Å². The predicted octanol–water partition coefficient (Wildman–Crippen LogP) is 5.53. The van der Waals surface area contributed by atoms with Crippen LogP contribution in [0.15, 0.2) is 82.8 Å². The van der Waals surface area contributed by atoms with Crippen molar-refractivity contribution in [2.45, 2.75) is 18.7 Å². The minimum atomic E-state index is -0.254. The van der Waals surface area contributed by atoms with E-state index < -0.39 is 0 Å². The second-order valence-corrected chi connectivity index (χ2v) is 8.36. The third-order valence-electron chi connectivity index (χ3n) is 4.36. The van der Waals surface area contributed by atoms with Crippen LogP contribution in [0.3, 0.4) is 0 Å². The van der Waals surface area contributed by atoms with E-state index in [1.165, 1.54) is 17.3 Å². The topological polar surface area (TPSA) is 70.6 Å². The highest BCUT2D eigenvalue weighted by Gasteiger charge is 2.08. The average molecular weight is 452 g/mol. The molecule has 0 saturated carbocycles. The maximum atomic E-state index is 12.4. The number of halogens is 1. The summed E-state index contributed by atoms with van der Waals surface area (Å²) in [5, 5.41) is 7.53. The van der Waals surface area contributed by atoms with Gasteiger partial charge < -0.3 is 5.32 Å². The van der Waals surface area contributed by atoms with E-state index in [1.54, 1.807) is 43.3 Å². The smallest absolute Gasteiger partial charge is 0.255 e. The maximum Gasteiger partial charge on any atom is 0.255 e. The summed E-state index contributed by atoms with van der Waals surface area (Å²) in [5.41, 5.74) is 6.28. The highest BCUT2D eigenvalue weighted by atomic mass is 35.5. The number of nitrogens with zero attached hydrogens (tertiary/aromatic N) is 1. The van der Waals surface area contributed by atoms with E-state index >= 15 is 0 Å². The number of benzene rings is 3. The fourth-order valence-corrected chi connectivity index (χ4v) is 3.56. The number of nitrogens with one attached hydrogen (secondary N) is 2. The summed E-state index contributed by atoms with van der Waals surface area (Å²) in [6, 6.07) is 22.0. The third kappa shape index (κ3) is 6.98. The summed E-state index contributed by atoms with van der Waals surface area (Å²) in [4.78, 5) is 25.6. The molecule has 0 saturated heterocycles. The summed E-state index contributed by atoms with van der Waals surface area (Å²) in [6.07, 6.45) is 0. The van der Waals surface area contributed by atoms with Crippen LogP contribution in [0, 0.1) is 6.92 Å². The molecule has 7 heteroatoms. The largest absolute Gasteiger partial charge is 0.322 e. The number of anilines is 1. The van der Waals surface area contributed by atoms with Crippen molar-refractivity contribution in [3.05, 3.63) is 94.5 Å². The van der Waals surface area contributed by atoms with Crippen molar-refractivity contribution < 1.29 is 9.59 Å². The molecule has 3 rings (SSSR count). The number of hydrogen-bond acceptors (Lipinski definition) is 4. The summed E-state index contributed by atoms with van der Waals surface area (Å²) >= 11 is 7.41. The van der Waals surface area contributed by atoms with Crippen molar-refractivity contribution in [1.29, 1.82) is 0 Å². The van der Waals surface area contributed by atoms with E-state index in [1.807, 2.05) is 43.3 Å². The Labute approximate surface area is 190 Å². The zero-order valence-electron chi connectivity index (χ0n) is 17.2. The lowest BCUT2D eigenvalue weighted by Gasteiger charge is -2.08. The Bertz CT molecular complexity index is 1110. The molecule has 2 N–H and O–H groups in total. The number of rotatable bonds is 7. The average Bonchev–Trinajstić information content (AvgIpc) is 2.77. The normalized spacial score (nSPS) is 11.1. The van der Waals surface area contributed by atoms with Gasteiger partial charge >= 0.3 is 0 Å². The van der Waals surface area contributed by atoms with Crippen LogP contribution in [-0.4, -0.2) is 23.3 Å². The van der Waals surface area contributed by atoms with Gasteiger partial charge in [0, 0.05) is 21.2 Å². The van der Waals surface area contributed by atoms with Gasteiger partial charge in [-0.2, -0.15) is 5.10 Å². The molecule has 0 aliphatic rings. The molecule has 0 spiro atoms. The van der Waals surface area contributed by atoms with E-state index in [9.17, 15) is 9.59 Å². The zero-order valence-corrected chi connectivity index (χ0v) is 18.8. The van der Waals surface area contributed by atoms with Crippen LogP contribution in [0.1, 0.15) is 28.4 Å². The molecule has 3 aromatic carbocycles. The van der Waals surface area contributed by atoms with Crippen LogP contribution >= 0.6 is 23.4 Å². The molecule has 0 unspecified atom stereocenters. The summed E-state index contributed by atoms with van der Waals surface area (Å²) in [5.74, 6) is -0.165. The van der Waals surface area contributed by atoms with Crippen molar-refractivity contribution in [2.24, 2.45) is 5.10 Å². The first kappa shape index (κ1) is 22.6. The van der Waals surface area contributed by atoms with Crippen molar-refractivity contribution in [3.63, 3.8) is 0 Å². The molecular formula is C24H22ClN3O2S. The van der Waals surface area contributed by atoms with E-state index in [0.29, 0.717) is 22.0 Å². The first-order valence-corrected chi connectivity index (χ1v) is 11.0. The first-order valence-electron chi connectivity index (χ1n) is 9.60. The highest BCUT2D eigenvalue weighted by molar-refractivity contribution is 8.00. The number of amides is 2. The Morgan fingerprint density at radius 2 is 1.68 bits per heavy atom. The van der Waals surface area contributed by atoms with Crippen LogP contribution in [0.4, 0.5) is 5.69 Å². The van der Waals surface area contributed by atoms with Gasteiger partial charge in [0.15, 0.2) is 0 Å². The Morgan fingerprint density at radius 3 is 2.42 bits per heavy atom. The number of carbonyl (C=O) groups is 2. The first-order chi connectivity index (χ1) is 14.9. The monoisotopic (exact) mass is 451 g/mol. The standard InChI is InChI=1S/C24H22ClN3O2S/c1-16-9-11-22(12-10-16)31-15-23(29)28-27-17(2)18-5-4-8-21(14-18)26-24(30)19-6-3-7-20(25)13-19/h3-14H,15H2,1-2H3,(H,26,30)(H,28,29)/b27-17-. The van der Waals surface area contributed by atoms with Gasteiger partial charge in [-0.15, -0.1) is 11.8 Å². The second-order valence-electron chi connectivity index (χ2n) is 6.88. The van der Waals surface area contributed by atoms with Crippen LogP contribution in [0.5, 0.6) is 0 Å². The minimum Gasteiger partial charge on any atom is -0.322 e. The molecule has 0 radical (unpaired) electrons. The summed E-state index contributed by atoms with van der Waals surface area (Å²) in [7, 11) is 0. The highest BCUT2D eigenvalue weighted by Crippen LogP contribution is 2.18. The molecule has 0 aromatic heterocycles. The lowest BCUT2D eigenvalue weighted by atomic mass is 10.1. The minimum absolute atomic E-state index is 0.185. The summed E-state index contributed by atoms with van der Waals surface area (Å²) in [6.45, 7) is 3.82. The van der Waals surface area contributed by atoms with Crippen LogP contribution in [-0.2, 0) is 4.79 Å². The Hall–Kier alpha value is -3.09. The Kier molecular flexibility index (Phi) is 7.87. The van der Waals surface area contributed by atoms with Crippen molar-refractivity contribution >= 4 is 46.6 Å². The van der Waals surface area contributed by atoms with Crippen LogP contribution < -0.4 is 10.7 Å². The van der Waals surface area contributed by atoms with Crippen molar-refractivity contribution in [1.82, 2.24) is 5.43 Å². The van der Waals surface area contributed by atoms with Gasteiger partial charge in [0.1, 0.15) is 0 Å². The van der Waals surface area contributed by atoms with E-state index in [0.717, 1.165) is 10.5 Å². The molecule has 158 valence electrons. The van der Waals surface area contributed by atoms with Gasteiger partial charge in [0.05, 0.1) is 11.5 Å². The van der Waals surface area contributed by atoms with Gasteiger partial charge in [0.25, 0.3) is 5.91 Å². The lowest BCUT2D eigenvalue weighted by Crippen LogP contribution is -2.21. The molecule has 0 aliphatic carbocycles. The van der Waals surface area contributed by atoms with E-state index in [2.05, 4.69) is 15.8 Å². The molecule has 0 atom stereocenters. The molecule has 0 heterocycles. The molecular weight excluding hydrogens is 430 g/mol. The van der Waals surface area contributed by atoms with E-state index in [4.69, 9.17) is 11.6 Å². The van der Waals surface area contributed by atoms with Crippen LogP contribution in [0.2, 0.25) is 5.02 Å². The number of carbonyl (C=O) groups excluding carboxylic acids is 2. The number of hydrogen-bond donors (Lipinski definition) is 2. The number of aryl methyl sites for hydroxylation is 1. The quantitative estimate of drug-likeness (QED) is 0.282. The predicted molar refractivity (Wildman–Crippen MR) is 128 cm³/mol. The second kappa shape index (κ2) is 10.8. The zero-order chi connectivity index (χ0) is 22.2. The van der Waals surface area contributed by atoms with E-state index in [-0.39, 0.29) is 17.6 Å². The van der Waals surface area contributed by atoms with Gasteiger partial charge in [0.2, 0.25) is 5.91 Å². The maximum absolute atomic E-state index is 12.4.